The Morgan fingerprint density at radius 1 is 1.31 bits per heavy atom. The molecule has 0 heterocycles. The molecule has 0 aromatic heterocycles. The summed E-state index contributed by atoms with van der Waals surface area (Å²) in [5, 5.41) is 0.602. The third-order valence-electron chi connectivity index (χ3n) is 1.58. The Balaban J connectivity index is 2.82. The SMILES string of the molecule is CNS(=O)(=O)Cc1ccc(Cl)cc1. The van der Waals surface area contributed by atoms with E-state index >= 15 is 0 Å². The van der Waals surface area contributed by atoms with E-state index in [0.717, 1.165) is 5.56 Å². The Labute approximate surface area is 82.8 Å². The maximum atomic E-state index is 11.1. The molecule has 1 aromatic carbocycles. The van der Waals surface area contributed by atoms with Gasteiger partial charge >= 0.3 is 0 Å². The summed E-state index contributed by atoms with van der Waals surface area (Å²) in [6.07, 6.45) is 0. The fourth-order valence-electron chi connectivity index (χ4n) is 0.872. The average Bonchev–Trinajstić information content (AvgIpc) is 2.09. The molecule has 0 saturated carbocycles. The third-order valence-corrected chi connectivity index (χ3v) is 3.17. The summed E-state index contributed by atoms with van der Waals surface area (Å²) in [6, 6.07) is 6.72. The van der Waals surface area contributed by atoms with Crippen LogP contribution in [-0.2, 0) is 15.8 Å². The second kappa shape index (κ2) is 4.09. The first kappa shape index (κ1) is 10.5. The van der Waals surface area contributed by atoms with Crippen LogP contribution >= 0.6 is 11.6 Å². The molecule has 1 rings (SSSR count). The molecule has 0 aliphatic carbocycles. The second-order valence-corrected chi connectivity index (χ2v) is 4.95. The van der Waals surface area contributed by atoms with Crippen LogP contribution in [0.3, 0.4) is 0 Å². The highest BCUT2D eigenvalue weighted by molar-refractivity contribution is 7.88. The minimum atomic E-state index is -3.18. The normalized spacial score (nSPS) is 11.5. The molecular weight excluding hydrogens is 210 g/mol. The summed E-state index contributed by atoms with van der Waals surface area (Å²) < 4.78 is 24.5. The van der Waals surface area contributed by atoms with Crippen molar-refractivity contribution >= 4 is 21.6 Å². The van der Waals surface area contributed by atoms with Crippen LogP contribution in [0.2, 0.25) is 5.02 Å². The molecule has 0 fully saturated rings. The quantitative estimate of drug-likeness (QED) is 0.835. The minimum absolute atomic E-state index is 0.0132. The van der Waals surface area contributed by atoms with Gasteiger partial charge in [0.2, 0.25) is 10.0 Å². The van der Waals surface area contributed by atoms with E-state index in [1.54, 1.807) is 24.3 Å². The molecule has 0 radical (unpaired) electrons. The average molecular weight is 220 g/mol. The lowest BCUT2D eigenvalue weighted by atomic mass is 10.2. The van der Waals surface area contributed by atoms with Crippen LogP contribution in [0.4, 0.5) is 0 Å². The van der Waals surface area contributed by atoms with E-state index in [2.05, 4.69) is 4.72 Å². The molecule has 0 unspecified atom stereocenters. The fourth-order valence-corrected chi connectivity index (χ4v) is 1.77. The number of hydrogen-bond donors (Lipinski definition) is 1. The number of benzene rings is 1. The third kappa shape index (κ3) is 3.34. The van der Waals surface area contributed by atoms with Gasteiger partial charge < -0.3 is 0 Å². The molecule has 72 valence electrons. The standard InChI is InChI=1S/C8H10ClNO2S/c1-10-13(11,12)6-7-2-4-8(9)5-3-7/h2-5,10H,6H2,1H3. The molecule has 0 spiro atoms. The Kier molecular flexibility index (Phi) is 3.30. The first-order valence-corrected chi connectivity index (χ1v) is 5.72. The summed E-state index contributed by atoms with van der Waals surface area (Å²) in [7, 11) is -1.78. The van der Waals surface area contributed by atoms with Crippen molar-refractivity contribution in [3.63, 3.8) is 0 Å². The van der Waals surface area contributed by atoms with Gasteiger partial charge in [-0.1, -0.05) is 23.7 Å². The molecule has 0 aliphatic heterocycles. The lowest BCUT2D eigenvalue weighted by molar-refractivity contribution is 0.587. The number of rotatable bonds is 3. The molecular formula is C8H10ClNO2S. The van der Waals surface area contributed by atoms with E-state index in [0.29, 0.717) is 5.02 Å². The zero-order valence-corrected chi connectivity index (χ0v) is 8.69. The molecule has 13 heavy (non-hydrogen) atoms. The summed E-state index contributed by atoms with van der Waals surface area (Å²) in [5.74, 6) is -0.0132. The topological polar surface area (TPSA) is 46.2 Å². The maximum Gasteiger partial charge on any atom is 0.215 e. The van der Waals surface area contributed by atoms with Gasteiger partial charge in [0, 0.05) is 5.02 Å². The van der Waals surface area contributed by atoms with Crippen molar-refractivity contribution in [3.8, 4) is 0 Å². The van der Waals surface area contributed by atoms with Gasteiger partial charge in [-0.2, -0.15) is 0 Å². The van der Waals surface area contributed by atoms with E-state index in [-0.39, 0.29) is 5.75 Å². The summed E-state index contributed by atoms with van der Waals surface area (Å²) in [4.78, 5) is 0. The predicted octanol–water partition coefficient (Wildman–Crippen LogP) is 1.39. The van der Waals surface area contributed by atoms with Crippen LogP contribution in [0, 0.1) is 0 Å². The van der Waals surface area contributed by atoms with E-state index in [9.17, 15) is 8.42 Å². The van der Waals surface area contributed by atoms with Gasteiger partial charge in [-0.05, 0) is 24.7 Å². The van der Waals surface area contributed by atoms with Crippen molar-refractivity contribution in [2.45, 2.75) is 5.75 Å². The summed E-state index contributed by atoms with van der Waals surface area (Å²) in [6.45, 7) is 0. The van der Waals surface area contributed by atoms with Gasteiger partial charge in [0.05, 0.1) is 5.75 Å². The Hall–Kier alpha value is -0.580. The molecule has 1 aromatic rings. The van der Waals surface area contributed by atoms with Crippen molar-refractivity contribution in [3.05, 3.63) is 34.9 Å². The molecule has 1 N–H and O–H groups in total. The molecule has 0 saturated heterocycles. The summed E-state index contributed by atoms with van der Waals surface area (Å²) in [5.41, 5.74) is 0.721. The monoisotopic (exact) mass is 219 g/mol. The molecule has 5 heteroatoms. The fraction of sp³-hybridized carbons (Fsp3) is 0.250. The highest BCUT2D eigenvalue weighted by Gasteiger charge is 2.07. The first-order chi connectivity index (χ1) is 6.03. The Morgan fingerprint density at radius 3 is 2.31 bits per heavy atom. The molecule has 0 amide bonds. The van der Waals surface area contributed by atoms with Crippen LogP contribution in [0.15, 0.2) is 24.3 Å². The highest BCUT2D eigenvalue weighted by atomic mass is 35.5. The van der Waals surface area contributed by atoms with Gasteiger partial charge in [-0.15, -0.1) is 0 Å². The second-order valence-electron chi connectivity index (χ2n) is 2.59. The first-order valence-electron chi connectivity index (χ1n) is 3.69. The van der Waals surface area contributed by atoms with Crippen LogP contribution < -0.4 is 4.72 Å². The molecule has 0 bridgehead atoms. The summed E-state index contributed by atoms with van der Waals surface area (Å²) >= 11 is 5.65. The van der Waals surface area contributed by atoms with Gasteiger partial charge in [0.1, 0.15) is 0 Å². The lowest BCUT2D eigenvalue weighted by Gasteiger charge is -2.01. The van der Waals surface area contributed by atoms with Crippen molar-refractivity contribution < 1.29 is 8.42 Å². The highest BCUT2D eigenvalue weighted by Crippen LogP contribution is 2.11. The van der Waals surface area contributed by atoms with Crippen molar-refractivity contribution in [2.75, 3.05) is 7.05 Å². The zero-order valence-electron chi connectivity index (χ0n) is 7.12. The lowest BCUT2D eigenvalue weighted by Crippen LogP contribution is -2.20. The number of hydrogen-bond acceptors (Lipinski definition) is 2. The van der Waals surface area contributed by atoms with Crippen molar-refractivity contribution in [1.29, 1.82) is 0 Å². The van der Waals surface area contributed by atoms with Crippen LogP contribution in [0.5, 0.6) is 0 Å². The maximum absolute atomic E-state index is 11.1. The largest absolute Gasteiger partial charge is 0.218 e. The predicted molar refractivity (Wildman–Crippen MR) is 53.1 cm³/mol. The van der Waals surface area contributed by atoms with E-state index in [1.165, 1.54) is 7.05 Å². The van der Waals surface area contributed by atoms with Crippen LogP contribution in [0.1, 0.15) is 5.56 Å². The van der Waals surface area contributed by atoms with Crippen molar-refractivity contribution in [2.24, 2.45) is 0 Å². The van der Waals surface area contributed by atoms with E-state index < -0.39 is 10.0 Å². The van der Waals surface area contributed by atoms with E-state index in [1.807, 2.05) is 0 Å². The number of halogens is 1. The number of nitrogens with one attached hydrogen (secondary N) is 1. The molecule has 3 nitrogen and oxygen atoms in total. The van der Waals surface area contributed by atoms with Gasteiger partial charge in [0.25, 0.3) is 0 Å². The molecule has 0 atom stereocenters. The molecule has 0 aliphatic rings. The van der Waals surface area contributed by atoms with Crippen LogP contribution in [0.25, 0.3) is 0 Å². The van der Waals surface area contributed by atoms with Gasteiger partial charge in [-0.3, -0.25) is 0 Å². The Bertz CT molecular complexity index is 372. The van der Waals surface area contributed by atoms with Gasteiger partial charge in [0.15, 0.2) is 0 Å². The van der Waals surface area contributed by atoms with E-state index in [4.69, 9.17) is 11.6 Å². The Morgan fingerprint density at radius 2 is 1.85 bits per heavy atom. The number of sulfonamides is 1. The van der Waals surface area contributed by atoms with Crippen molar-refractivity contribution in [1.82, 2.24) is 4.72 Å². The zero-order chi connectivity index (χ0) is 9.90. The van der Waals surface area contributed by atoms with Crippen LogP contribution in [-0.4, -0.2) is 15.5 Å². The van der Waals surface area contributed by atoms with Gasteiger partial charge in [-0.25, -0.2) is 13.1 Å². The smallest absolute Gasteiger partial charge is 0.215 e. The minimum Gasteiger partial charge on any atom is -0.218 e.